The molecule has 0 radical (unpaired) electrons. The zero-order valence-electron chi connectivity index (χ0n) is 8.88. The molecular formula is C10H12N4O2. The van der Waals surface area contributed by atoms with Gasteiger partial charge in [0, 0.05) is 0 Å². The zero-order chi connectivity index (χ0) is 11.1. The molecule has 2 atom stereocenters. The van der Waals surface area contributed by atoms with E-state index in [1.54, 1.807) is 6.33 Å². The van der Waals surface area contributed by atoms with Gasteiger partial charge >= 0.3 is 0 Å². The molecule has 2 aromatic heterocycles. The molecule has 1 fully saturated rings. The Morgan fingerprint density at radius 3 is 3.12 bits per heavy atom. The average molecular weight is 220 g/mol. The predicted octanol–water partition coefficient (Wildman–Crippen LogP) is 0.817. The molecule has 2 aromatic rings. The van der Waals surface area contributed by atoms with Gasteiger partial charge in [-0.1, -0.05) is 0 Å². The van der Waals surface area contributed by atoms with Crippen LogP contribution in [-0.2, 0) is 4.74 Å². The van der Waals surface area contributed by atoms with Gasteiger partial charge in [0.25, 0.3) is 5.56 Å². The smallest absolute Gasteiger partial charge is 0.278 e. The lowest BCUT2D eigenvalue weighted by Crippen LogP contribution is -2.11. The fourth-order valence-electron chi connectivity index (χ4n) is 2.06. The summed E-state index contributed by atoms with van der Waals surface area (Å²) in [5.74, 6) is 0. The van der Waals surface area contributed by atoms with E-state index in [0.717, 1.165) is 12.8 Å². The highest BCUT2D eigenvalue weighted by atomic mass is 16.5. The molecule has 0 amide bonds. The van der Waals surface area contributed by atoms with E-state index < -0.39 is 0 Å². The van der Waals surface area contributed by atoms with Crippen LogP contribution < -0.4 is 5.56 Å². The SMILES string of the molecule is C[C@H]1CC[C@H](n2cnc3c(=O)[nH]cnc32)O1. The first kappa shape index (κ1) is 9.53. The first-order valence-electron chi connectivity index (χ1n) is 5.31. The minimum atomic E-state index is -0.213. The third-order valence-electron chi connectivity index (χ3n) is 2.88. The number of ether oxygens (including phenoxy) is 1. The minimum absolute atomic E-state index is 0.0469. The lowest BCUT2D eigenvalue weighted by Gasteiger charge is -2.12. The summed E-state index contributed by atoms with van der Waals surface area (Å²) in [5, 5.41) is 0. The number of rotatable bonds is 1. The molecule has 0 aliphatic carbocycles. The van der Waals surface area contributed by atoms with E-state index >= 15 is 0 Å². The number of hydrogen-bond donors (Lipinski definition) is 1. The highest BCUT2D eigenvalue weighted by Gasteiger charge is 2.25. The van der Waals surface area contributed by atoms with E-state index in [9.17, 15) is 4.79 Å². The highest BCUT2D eigenvalue weighted by Crippen LogP contribution is 2.29. The van der Waals surface area contributed by atoms with Gasteiger partial charge < -0.3 is 9.72 Å². The lowest BCUT2D eigenvalue weighted by molar-refractivity contribution is 0.0131. The molecule has 16 heavy (non-hydrogen) atoms. The van der Waals surface area contributed by atoms with E-state index in [0.29, 0.717) is 11.2 Å². The number of H-pyrrole nitrogens is 1. The summed E-state index contributed by atoms with van der Waals surface area (Å²) in [4.78, 5) is 22.2. The molecule has 1 aliphatic heterocycles. The molecule has 6 nitrogen and oxygen atoms in total. The van der Waals surface area contributed by atoms with Crippen LogP contribution in [0, 0.1) is 0 Å². The Bertz CT molecular complexity index is 573. The first-order valence-corrected chi connectivity index (χ1v) is 5.31. The van der Waals surface area contributed by atoms with Crippen LogP contribution in [0.1, 0.15) is 26.0 Å². The molecular weight excluding hydrogens is 208 g/mol. The Kier molecular flexibility index (Phi) is 2.03. The monoisotopic (exact) mass is 220 g/mol. The largest absolute Gasteiger partial charge is 0.355 e. The van der Waals surface area contributed by atoms with Crippen molar-refractivity contribution in [2.24, 2.45) is 0 Å². The predicted molar refractivity (Wildman–Crippen MR) is 57.0 cm³/mol. The Hall–Kier alpha value is -1.69. The second kappa shape index (κ2) is 3.41. The van der Waals surface area contributed by atoms with E-state index in [4.69, 9.17) is 4.74 Å². The molecule has 1 saturated heterocycles. The standard InChI is InChI=1S/C10H12N4O2/c1-6-2-3-7(16-6)14-5-13-8-9(14)11-4-12-10(8)15/h4-7H,2-3H2,1H3,(H,11,12,15)/t6-,7+/m0/s1. The third kappa shape index (κ3) is 1.34. The Balaban J connectivity index is 2.11. The quantitative estimate of drug-likeness (QED) is 0.772. The topological polar surface area (TPSA) is 72.8 Å². The van der Waals surface area contributed by atoms with E-state index in [1.807, 2.05) is 11.5 Å². The third-order valence-corrected chi connectivity index (χ3v) is 2.88. The Labute approximate surface area is 91.3 Å². The molecule has 3 heterocycles. The molecule has 1 aliphatic rings. The maximum absolute atomic E-state index is 11.5. The van der Waals surface area contributed by atoms with Crippen LogP contribution in [-0.4, -0.2) is 25.6 Å². The van der Waals surface area contributed by atoms with Crippen molar-refractivity contribution in [2.75, 3.05) is 0 Å². The normalized spacial score (nSPS) is 25.3. The number of nitrogens with zero attached hydrogens (tertiary/aromatic N) is 3. The summed E-state index contributed by atoms with van der Waals surface area (Å²) in [5.41, 5.74) is 0.739. The molecule has 0 aromatic carbocycles. The Morgan fingerprint density at radius 2 is 2.38 bits per heavy atom. The van der Waals surface area contributed by atoms with Gasteiger partial charge in [0.15, 0.2) is 11.2 Å². The molecule has 0 spiro atoms. The maximum Gasteiger partial charge on any atom is 0.278 e. The molecule has 3 rings (SSSR count). The van der Waals surface area contributed by atoms with Crippen molar-refractivity contribution in [3.05, 3.63) is 23.0 Å². The van der Waals surface area contributed by atoms with Crippen molar-refractivity contribution in [3.8, 4) is 0 Å². The molecule has 1 N–H and O–H groups in total. The van der Waals surface area contributed by atoms with Gasteiger partial charge in [-0.05, 0) is 19.8 Å². The number of fused-ring (bicyclic) bond motifs is 1. The number of imidazole rings is 1. The van der Waals surface area contributed by atoms with Crippen LogP contribution in [0.4, 0.5) is 0 Å². The van der Waals surface area contributed by atoms with Crippen LogP contribution in [0.5, 0.6) is 0 Å². The van der Waals surface area contributed by atoms with Crippen molar-refractivity contribution < 1.29 is 4.74 Å². The van der Waals surface area contributed by atoms with Gasteiger partial charge in [-0.15, -0.1) is 0 Å². The van der Waals surface area contributed by atoms with E-state index in [-0.39, 0.29) is 17.9 Å². The summed E-state index contributed by atoms with van der Waals surface area (Å²) in [6, 6.07) is 0. The number of aromatic nitrogens is 4. The van der Waals surface area contributed by atoms with Crippen molar-refractivity contribution in [1.82, 2.24) is 19.5 Å². The maximum atomic E-state index is 11.5. The molecule has 84 valence electrons. The number of nitrogens with one attached hydrogen (secondary N) is 1. The second-order valence-electron chi connectivity index (χ2n) is 4.03. The van der Waals surface area contributed by atoms with Crippen molar-refractivity contribution in [2.45, 2.75) is 32.1 Å². The van der Waals surface area contributed by atoms with Gasteiger partial charge in [0.1, 0.15) is 6.23 Å². The van der Waals surface area contributed by atoms with Gasteiger partial charge in [0.05, 0.1) is 18.8 Å². The van der Waals surface area contributed by atoms with Crippen molar-refractivity contribution in [3.63, 3.8) is 0 Å². The van der Waals surface area contributed by atoms with Crippen LogP contribution in [0.15, 0.2) is 17.4 Å². The van der Waals surface area contributed by atoms with Gasteiger partial charge in [0.2, 0.25) is 0 Å². The number of aromatic amines is 1. The van der Waals surface area contributed by atoms with E-state index in [1.165, 1.54) is 6.33 Å². The number of hydrogen-bond acceptors (Lipinski definition) is 4. The van der Waals surface area contributed by atoms with Crippen LogP contribution in [0.2, 0.25) is 0 Å². The summed E-state index contributed by atoms with van der Waals surface area (Å²) >= 11 is 0. The zero-order valence-corrected chi connectivity index (χ0v) is 8.88. The van der Waals surface area contributed by atoms with Gasteiger partial charge in [-0.25, -0.2) is 9.97 Å². The Morgan fingerprint density at radius 1 is 1.50 bits per heavy atom. The van der Waals surface area contributed by atoms with Gasteiger partial charge in [-0.2, -0.15) is 0 Å². The fourth-order valence-corrected chi connectivity index (χ4v) is 2.06. The first-order chi connectivity index (χ1) is 7.75. The summed E-state index contributed by atoms with van der Waals surface area (Å²) in [6.45, 7) is 2.04. The minimum Gasteiger partial charge on any atom is -0.355 e. The fraction of sp³-hybridized carbons (Fsp3) is 0.500. The highest BCUT2D eigenvalue weighted by molar-refractivity contribution is 5.68. The van der Waals surface area contributed by atoms with Crippen molar-refractivity contribution in [1.29, 1.82) is 0 Å². The van der Waals surface area contributed by atoms with Crippen LogP contribution in [0.25, 0.3) is 11.2 Å². The molecule has 0 unspecified atom stereocenters. The average Bonchev–Trinajstić information content (AvgIpc) is 2.84. The van der Waals surface area contributed by atoms with E-state index in [2.05, 4.69) is 15.0 Å². The van der Waals surface area contributed by atoms with Gasteiger partial charge in [-0.3, -0.25) is 9.36 Å². The molecule has 0 saturated carbocycles. The van der Waals surface area contributed by atoms with Crippen molar-refractivity contribution >= 4 is 11.2 Å². The molecule has 6 heteroatoms. The van der Waals surface area contributed by atoms with Crippen LogP contribution in [0.3, 0.4) is 0 Å². The summed E-state index contributed by atoms with van der Waals surface area (Å²) < 4.78 is 7.55. The summed E-state index contributed by atoms with van der Waals surface area (Å²) in [6.07, 6.45) is 5.17. The second-order valence-corrected chi connectivity index (χ2v) is 4.03. The molecule has 0 bridgehead atoms. The summed E-state index contributed by atoms with van der Waals surface area (Å²) in [7, 11) is 0. The lowest BCUT2D eigenvalue weighted by atomic mass is 10.2. The van der Waals surface area contributed by atoms with Crippen LogP contribution >= 0.6 is 0 Å².